The Morgan fingerprint density at radius 1 is 0.823 bits per heavy atom. The number of phenolic OH excluding ortho intramolecular Hbond substituents is 1. The largest absolute Gasteiger partial charge is 0.506 e. The molecule has 2 saturated heterocycles. The number of aromatic nitrogens is 2. The molecule has 1 amide bonds. The number of nitrogens with zero attached hydrogens (tertiary/aromatic N) is 3. The quantitative estimate of drug-likeness (QED) is 0.0802. The zero-order chi connectivity index (χ0) is 43.1. The van der Waals surface area contributed by atoms with Crippen LogP contribution in [0.25, 0.3) is 22.2 Å². The fourth-order valence-corrected chi connectivity index (χ4v) is 8.76. The van der Waals surface area contributed by atoms with E-state index in [1.807, 2.05) is 23.1 Å². The van der Waals surface area contributed by atoms with Crippen LogP contribution in [0.15, 0.2) is 132 Å². The minimum absolute atomic E-state index is 0.0528. The van der Waals surface area contributed by atoms with Crippen LogP contribution in [0.2, 0.25) is 0 Å². The molecule has 0 saturated carbocycles. The zero-order valence-electron chi connectivity index (χ0n) is 34.7. The van der Waals surface area contributed by atoms with Crippen molar-refractivity contribution >= 4 is 22.8 Å². The first-order valence-corrected chi connectivity index (χ1v) is 21.5. The van der Waals surface area contributed by atoms with Crippen LogP contribution < -0.4 is 10.9 Å². The van der Waals surface area contributed by atoms with Crippen LogP contribution in [0.3, 0.4) is 0 Å². The van der Waals surface area contributed by atoms with E-state index in [0.29, 0.717) is 76.5 Å². The predicted molar refractivity (Wildman–Crippen MR) is 237 cm³/mol. The van der Waals surface area contributed by atoms with Crippen molar-refractivity contribution in [1.82, 2.24) is 25.1 Å². The van der Waals surface area contributed by atoms with Gasteiger partial charge in [-0.2, -0.15) is 0 Å². The molecule has 6 aromatic rings. The van der Waals surface area contributed by atoms with Gasteiger partial charge in [0.2, 0.25) is 11.2 Å². The van der Waals surface area contributed by atoms with Crippen molar-refractivity contribution in [3.8, 4) is 17.0 Å². The minimum atomic E-state index is -2.07. The second-order valence-electron chi connectivity index (χ2n) is 16.6. The molecule has 2 aliphatic rings. The van der Waals surface area contributed by atoms with E-state index in [-0.39, 0.29) is 29.7 Å². The maximum Gasteiger partial charge on any atom is 0.347 e. The van der Waals surface area contributed by atoms with Gasteiger partial charge in [0.1, 0.15) is 5.75 Å². The maximum atomic E-state index is 14.0. The van der Waals surface area contributed by atoms with Crippen molar-refractivity contribution in [2.45, 2.75) is 43.9 Å². The molecular weight excluding hydrogens is 783 g/mol. The predicted octanol–water partition coefficient (Wildman–Crippen LogP) is 6.16. The Balaban J connectivity index is 0.875. The average molecular weight is 836 g/mol. The van der Waals surface area contributed by atoms with Gasteiger partial charge in [0.25, 0.3) is 5.91 Å². The van der Waals surface area contributed by atoms with Gasteiger partial charge in [0.05, 0.1) is 23.9 Å². The monoisotopic (exact) mass is 835 g/mol. The second-order valence-corrected chi connectivity index (χ2v) is 16.6. The molecule has 5 N–H and O–H groups in total. The molecule has 8 rings (SSSR count). The van der Waals surface area contributed by atoms with E-state index < -0.39 is 17.7 Å². The third-order valence-electron chi connectivity index (χ3n) is 12.4. The number of esters is 1. The van der Waals surface area contributed by atoms with Crippen molar-refractivity contribution in [3.63, 3.8) is 0 Å². The Morgan fingerprint density at radius 2 is 1.53 bits per heavy atom. The lowest BCUT2D eigenvalue weighted by Crippen LogP contribution is -2.41. The second kappa shape index (κ2) is 19.3. The fraction of sp³-hybridized carbons (Fsp3) is 0.320. The number of hydrogen-bond donors (Lipinski definition) is 5. The van der Waals surface area contributed by atoms with Crippen LogP contribution in [-0.4, -0.2) is 92.8 Å². The number of aliphatic hydroxyl groups is 2. The number of carbonyl (C=O) groups is 2. The molecule has 2 atom stereocenters. The van der Waals surface area contributed by atoms with Gasteiger partial charge in [-0.15, -0.1) is 0 Å². The summed E-state index contributed by atoms with van der Waals surface area (Å²) in [5, 5.41) is 37.5. The number of hydrogen-bond acceptors (Lipinski definition) is 10. The zero-order valence-corrected chi connectivity index (χ0v) is 34.7. The molecule has 0 spiro atoms. The van der Waals surface area contributed by atoms with Gasteiger partial charge in [-0.1, -0.05) is 84.9 Å². The third kappa shape index (κ3) is 9.64. The summed E-state index contributed by atoms with van der Waals surface area (Å²) >= 11 is 0. The Bertz CT molecular complexity index is 2540. The van der Waals surface area contributed by atoms with Crippen molar-refractivity contribution in [2.75, 3.05) is 45.9 Å². The number of carbonyl (C=O) groups excluding carboxylic acids is 2. The number of rotatable bonds is 14. The Kier molecular flexibility index (Phi) is 13.2. The summed E-state index contributed by atoms with van der Waals surface area (Å²) in [6, 6.07) is 35.9. The number of H-pyrrole nitrogens is 1. The highest BCUT2D eigenvalue weighted by molar-refractivity contribution is 5.95. The summed E-state index contributed by atoms with van der Waals surface area (Å²) in [6.45, 7) is 5.05. The molecule has 12 nitrogen and oxygen atoms in total. The number of piperidine rings is 2. The number of aromatic amines is 1. The van der Waals surface area contributed by atoms with E-state index >= 15 is 0 Å². The van der Waals surface area contributed by atoms with Gasteiger partial charge >= 0.3 is 5.97 Å². The van der Waals surface area contributed by atoms with E-state index in [1.54, 1.807) is 72.9 Å². The average Bonchev–Trinajstić information content (AvgIpc) is 3.32. The van der Waals surface area contributed by atoms with Crippen molar-refractivity contribution in [2.24, 2.45) is 11.8 Å². The molecule has 12 heteroatoms. The summed E-state index contributed by atoms with van der Waals surface area (Å²) < 4.78 is 5.95. The summed E-state index contributed by atoms with van der Waals surface area (Å²) in [6.07, 6.45) is 4.13. The number of phenols is 1. The minimum Gasteiger partial charge on any atom is -0.506 e. The van der Waals surface area contributed by atoms with E-state index in [2.05, 4.69) is 44.5 Å². The highest BCUT2D eigenvalue weighted by atomic mass is 16.5. The number of benzene rings is 4. The Labute approximate surface area is 360 Å². The van der Waals surface area contributed by atoms with Crippen LogP contribution in [0.4, 0.5) is 0 Å². The highest BCUT2D eigenvalue weighted by Gasteiger charge is 2.42. The molecule has 4 heterocycles. The highest BCUT2D eigenvalue weighted by Crippen LogP contribution is 2.35. The lowest BCUT2D eigenvalue weighted by molar-refractivity contribution is -0.164. The number of likely N-dealkylation sites (tertiary alicyclic amines) is 2. The van der Waals surface area contributed by atoms with Gasteiger partial charge in [-0.3, -0.25) is 19.5 Å². The molecule has 2 aliphatic heterocycles. The van der Waals surface area contributed by atoms with Gasteiger partial charge in [-0.25, -0.2) is 4.79 Å². The van der Waals surface area contributed by atoms with Gasteiger partial charge < -0.3 is 35.3 Å². The first-order chi connectivity index (χ1) is 30.2. The van der Waals surface area contributed by atoms with E-state index in [4.69, 9.17) is 4.74 Å². The normalized spacial score (nSPS) is 16.8. The Morgan fingerprint density at radius 3 is 2.29 bits per heavy atom. The molecule has 4 aromatic carbocycles. The molecule has 0 bridgehead atoms. The van der Waals surface area contributed by atoms with Crippen molar-refractivity contribution in [1.29, 1.82) is 0 Å². The third-order valence-corrected chi connectivity index (χ3v) is 12.4. The molecule has 62 heavy (non-hydrogen) atoms. The van der Waals surface area contributed by atoms with Gasteiger partial charge in [0, 0.05) is 60.5 Å². The lowest BCUT2D eigenvalue weighted by Gasteiger charge is -2.33. The number of ether oxygens (including phenoxy) is 1. The van der Waals surface area contributed by atoms with Crippen molar-refractivity contribution < 1.29 is 29.6 Å². The maximum absolute atomic E-state index is 14.0. The number of fused-ring (bicyclic) bond motifs is 1. The van der Waals surface area contributed by atoms with E-state index in [9.17, 15) is 29.7 Å². The topological polar surface area (TPSA) is 168 Å². The number of pyridine rings is 2. The molecule has 320 valence electrons. The standard InChI is InChI=1S/C50H53N5O7/c56-44-16-14-41(42-15-17-46(58)53-47(42)44)45(57)31-51-30-34-21-26-55(27-22-34)48(59)38-18-23-52-43(29-38)37-10-7-13-40(28-37)50(61,39-11-5-2-6-12-39)49(60)62-33-36-19-24-54(25-20-36)32-35-8-3-1-4-9-35/h1-18,23,28-29,34,36,45,51,56-57,61H,19-22,24-27,30-33H2,(H,53,58)/t45-,50-/m0/s1. The number of nitrogens with one attached hydrogen (secondary N) is 2. The summed E-state index contributed by atoms with van der Waals surface area (Å²) in [7, 11) is 0. The Hall–Kier alpha value is -6.18. The number of amides is 1. The van der Waals surface area contributed by atoms with Crippen LogP contribution in [0.1, 0.15) is 64.4 Å². The summed E-state index contributed by atoms with van der Waals surface area (Å²) in [5.74, 6) is -0.383. The molecule has 2 aromatic heterocycles. The number of aliphatic hydroxyl groups excluding tert-OH is 1. The van der Waals surface area contributed by atoms with Crippen LogP contribution in [0, 0.1) is 11.8 Å². The molecule has 2 fully saturated rings. The smallest absolute Gasteiger partial charge is 0.347 e. The summed E-state index contributed by atoms with van der Waals surface area (Å²) in [5.41, 5.74) is 2.20. The van der Waals surface area contributed by atoms with E-state index in [1.165, 1.54) is 17.7 Å². The van der Waals surface area contributed by atoms with Crippen molar-refractivity contribution in [3.05, 3.63) is 166 Å². The van der Waals surface area contributed by atoms with Crippen LogP contribution in [-0.2, 0) is 21.7 Å². The first kappa shape index (κ1) is 42.5. The molecule has 0 unspecified atom stereocenters. The molecular formula is C50H53N5O7. The molecule has 0 aliphatic carbocycles. The first-order valence-electron chi connectivity index (χ1n) is 21.5. The molecule has 0 radical (unpaired) electrons. The van der Waals surface area contributed by atoms with Crippen LogP contribution >= 0.6 is 0 Å². The lowest BCUT2D eigenvalue weighted by atomic mass is 9.85. The SMILES string of the molecule is O=C(c1ccnc(-c2cccc([C@](O)(C(=O)OCC3CCN(Cc4ccccc4)CC3)c3ccccc3)c2)c1)N1CCC(CNC[C@H](O)c2ccc(O)c3[nH]c(=O)ccc23)CC1. The van der Waals surface area contributed by atoms with Crippen LogP contribution in [0.5, 0.6) is 5.75 Å². The van der Waals surface area contributed by atoms with Gasteiger partial charge in [0.15, 0.2) is 0 Å². The summed E-state index contributed by atoms with van der Waals surface area (Å²) in [4.78, 5) is 51.1. The van der Waals surface area contributed by atoms with Gasteiger partial charge in [-0.05, 0) is 104 Å². The van der Waals surface area contributed by atoms with E-state index in [0.717, 1.165) is 45.3 Å². The number of aromatic hydroxyl groups is 1. The fourth-order valence-electron chi connectivity index (χ4n) is 8.76.